The summed E-state index contributed by atoms with van der Waals surface area (Å²) in [4.78, 5) is 16.4. The second-order valence-corrected chi connectivity index (χ2v) is 8.80. The van der Waals surface area contributed by atoms with E-state index in [2.05, 4.69) is 10.3 Å². The first-order chi connectivity index (χ1) is 12.3. The number of piperidine rings is 1. The summed E-state index contributed by atoms with van der Waals surface area (Å²) in [6, 6.07) is 5.37. The van der Waals surface area contributed by atoms with Crippen LogP contribution in [-0.2, 0) is 21.9 Å². The molecule has 0 atom stereocenters. The quantitative estimate of drug-likeness (QED) is 0.860. The number of imidazole rings is 1. The minimum atomic E-state index is -3.61. The Morgan fingerprint density at radius 3 is 2.58 bits per heavy atom. The van der Waals surface area contributed by atoms with Crippen LogP contribution in [0.2, 0.25) is 5.02 Å². The van der Waals surface area contributed by atoms with Crippen molar-refractivity contribution in [2.24, 2.45) is 13.0 Å². The number of nitrogens with zero attached hydrogens (tertiary/aromatic N) is 3. The number of halogens is 1. The zero-order valence-corrected chi connectivity index (χ0v) is 16.2. The number of aromatic nitrogens is 2. The highest BCUT2D eigenvalue weighted by atomic mass is 35.5. The Morgan fingerprint density at radius 1 is 1.31 bits per heavy atom. The van der Waals surface area contributed by atoms with Crippen LogP contribution in [0.3, 0.4) is 0 Å². The van der Waals surface area contributed by atoms with Gasteiger partial charge in [0.2, 0.25) is 5.91 Å². The highest BCUT2D eigenvalue weighted by Crippen LogP contribution is 2.25. The Bertz CT molecular complexity index is 918. The second kappa shape index (κ2) is 7.38. The van der Waals surface area contributed by atoms with Crippen molar-refractivity contribution in [2.75, 3.05) is 18.4 Å². The van der Waals surface area contributed by atoms with Gasteiger partial charge in [0.15, 0.2) is 5.03 Å². The Morgan fingerprint density at radius 2 is 2.00 bits per heavy atom. The molecule has 1 fully saturated rings. The molecule has 0 bridgehead atoms. The highest BCUT2D eigenvalue weighted by Gasteiger charge is 2.33. The van der Waals surface area contributed by atoms with Gasteiger partial charge in [-0.25, -0.2) is 13.4 Å². The van der Waals surface area contributed by atoms with E-state index >= 15 is 0 Å². The van der Waals surface area contributed by atoms with E-state index in [1.54, 1.807) is 23.7 Å². The first-order valence-corrected chi connectivity index (χ1v) is 10.1. The summed E-state index contributed by atoms with van der Waals surface area (Å²) in [7, 11) is -1.89. The van der Waals surface area contributed by atoms with E-state index in [4.69, 9.17) is 11.6 Å². The number of sulfonamides is 1. The molecular weight excluding hydrogens is 376 g/mol. The number of hydrogen-bond acceptors (Lipinski definition) is 4. The smallest absolute Gasteiger partial charge is 0.262 e. The Labute approximate surface area is 158 Å². The topological polar surface area (TPSA) is 84.3 Å². The lowest BCUT2D eigenvalue weighted by atomic mass is 9.97. The maximum Gasteiger partial charge on any atom is 0.262 e. The molecule has 1 aliphatic heterocycles. The second-order valence-electron chi connectivity index (χ2n) is 6.51. The molecule has 1 aliphatic rings. The van der Waals surface area contributed by atoms with Gasteiger partial charge in [-0.2, -0.15) is 4.31 Å². The summed E-state index contributed by atoms with van der Waals surface area (Å²) in [5, 5.41) is 3.50. The van der Waals surface area contributed by atoms with Crippen molar-refractivity contribution in [2.45, 2.75) is 24.8 Å². The summed E-state index contributed by atoms with van der Waals surface area (Å²) >= 11 is 6.08. The average molecular weight is 397 g/mol. The highest BCUT2D eigenvalue weighted by molar-refractivity contribution is 7.89. The number of hydrogen-bond donors (Lipinski definition) is 1. The van der Waals surface area contributed by atoms with Crippen molar-refractivity contribution in [1.82, 2.24) is 13.9 Å². The van der Waals surface area contributed by atoms with Gasteiger partial charge in [0.05, 0.1) is 6.33 Å². The summed E-state index contributed by atoms with van der Waals surface area (Å²) in [5.41, 5.74) is 1.59. The molecule has 0 radical (unpaired) electrons. The van der Waals surface area contributed by atoms with E-state index in [1.165, 1.54) is 16.8 Å². The summed E-state index contributed by atoms with van der Waals surface area (Å²) in [6.45, 7) is 2.49. The largest absolute Gasteiger partial charge is 0.339 e. The Balaban J connectivity index is 1.61. The van der Waals surface area contributed by atoms with Crippen molar-refractivity contribution in [3.05, 3.63) is 41.3 Å². The maximum atomic E-state index is 12.6. The molecule has 0 saturated carbocycles. The number of carbonyl (C=O) groups excluding carboxylic acids is 1. The lowest BCUT2D eigenvalue weighted by Gasteiger charge is -2.29. The first kappa shape index (κ1) is 18.9. The van der Waals surface area contributed by atoms with Crippen molar-refractivity contribution in [3.63, 3.8) is 0 Å². The van der Waals surface area contributed by atoms with Crippen LogP contribution < -0.4 is 5.32 Å². The minimum Gasteiger partial charge on any atom is -0.339 e. The van der Waals surface area contributed by atoms with E-state index in [0.29, 0.717) is 36.6 Å². The van der Waals surface area contributed by atoms with Crippen molar-refractivity contribution in [1.29, 1.82) is 0 Å². The van der Waals surface area contributed by atoms with Crippen LogP contribution in [-0.4, -0.2) is 41.3 Å². The molecule has 9 heteroatoms. The van der Waals surface area contributed by atoms with Gasteiger partial charge in [-0.1, -0.05) is 17.7 Å². The number of carbonyl (C=O) groups is 1. The predicted molar refractivity (Wildman–Crippen MR) is 99.5 cm³/mol. The van der Waals surface area contributed by atoms with Gasteiger partial charge < -0.3 is 9.88 Å². The molecule has 1 aromatic carbocycles. The fraction of sp³-hybridized carbons (Fsp3) is 0.412. The number of amides is 1. The molecule has 2 aromatic rings. The summed E-state index contributed by atoms with van der Waals surface area (Å²) in [5.74, 6) is -0.343. The average Bonchev–Trinajstić information content (AvgIpc) is 3.05. The molecule has 1 N–H and O–H groups in total. The van der Waals surface area contributed by atoms with Crippen LogP contribution in [0, 0.1) is 12.8 Å². The molecule has 1 aromatic heterocycles. The number of nitrogens with one attached hydrogen (secondary N) is 1. The number of anilines is 1. The third-order valence-corrected chi connectivity index (χ3v) is 6.74. The van der Waals surface area contributed by atoms with E-state index < -0.39 is 10.0 Å². The minimum absolute atomic E-state index is 0.0391. The fourth-order valence-corrected chi connectivity index (χ4v) is 4.54. The lowest BCUT2D eigenvalue weighted by molar-refractivity contribution is -0.120. The molecule has 0 aliphatic carbocycles. The molecule has 140 valence electrons. The summed E-state index contributed by atoms with van der Waals surface area (Å²) in [6.07, 6.45) is 3.88. The third-order valence-electron chi connectivity index (χ3n) is 4.55. The van der Waals surface area contributed by atoms with Gasteiger partial charge in [-0.05, 0) is 37.5 Å². The van der Waals surface area contributed by atoms with Crippen LogP contribution in [0.4, 0.5) is 5.69 Å². The van der Waals surface area contributed by atoms with E-state index in [9.17, 15) is 13.2 Å². The van der Waals surface area contributed by atoms with Crippen LogP contribution in [0.1, 0.15) is 18.4 Å². The van der Waals surface area contributed by atoms with Gasteiger partial charge in [-0.3, -0.25) is 4.79 Å². The standard InChI is InChI=1S/C17H21ClN4O3S/c1-12-3-4-14(9-15(12)18)20-17(23)13-5-7-22(8-6-13)26(24,25)16-10-21(2)11-19-16/h3-4,9-11,13H,5-8H2,1-2H3,(H,20,23). The lowest BCUT2D eigenvalue weighted by Crippen LogP contribution is -2.41. The van der Waals surface area contributed by atoms with Gasteiger partial charge in [-0.15, -0.1) is 0 Å². The molecular formula is C17H21ClN4O3S. The molecule has 0 spiro atoms. The molecule has 1 saturated heterocycles. The van der Waals surface area contributed by atoms with E-state index in [-0.39, 0.29) is 16.9 Å². The van der Waals surface area contributed by atoms with Crippen molar-refractivity contribution < 1.29 is 13.2 Å². The molecule has 3 rings (SSSR count). The number of benzene rings is 1. The summed E-state index contributed by atoms with van der Waals surface area (Å²) < 4.78 is 28.1. The van der Waals surface area contributed by atoms with Crippen LogP contribution >= 0.6 is 11.6 Å². The zero-order chi connectivity index (χ0) is 18.9. The zero-order valence-electron chi connectivity index (χ0n) is 14.6. The van der Waals surface area contributed by atoms with Gasteiger partial charge in [0.1, 0.15) is 0 Å². The molecule has 1 amide bonds. The van der Waals surface area contributed by atoms with Gasteiger partial charge in [0.25, 0.3) is 10.0 Å². The van der Waals surface area contributed by atoms with E-state index in [0.717, 1.165) is 5.56 Å². The number of aryl methyl sites for hydroxylation is 2. The van der Waals surface area contributed by atoms with Crippen LogP contribution in [0.5, 0.6) is 0 Å². The molecule has 26 heavy (non-hydrogen) atoms. The predicted octanol–water partition coefficient (Wildman–Crippen LogP) is 2.42. The van der Waals surface area contributed by atoms with Crippen molar-refractivity contribution in [3.8, 4) is 0 Å². The Kier molecular flexibility index (Phi) is 5.36. The molecule has 0 unspecified atom stereocenters. The van der Waals surface area contributed by atoms with Crippen molar-refractivity contribution >= 4 is 33.2 Å². The van der Waals surface area contributed by atoms with E-state index in [1.807, 2.05) is 13.0 Å². The monoisotopic (exact) mass is 396 g/mol. The normalized spacial score (nSPS) is 16.6. The van der Waals surface area contributed by atoms with Gasteiger partial charge >= 0.3 is 0 Å². The SMILES string of the molecule is Cc1ccc(NC(=O)C2CCN(S(=O)(=O)c3cn(C)cn3)CC2)cc1Cl. The Hall–Kier alpha value is -1.90. The third kappa shape index (κ3) is 3.92. The molecule has 2 heterocycles. The molecule has 7 nitrogen and oxygen atoms in total. The fourth-order valence-electron chi connectivity index (χ4n) is 2.93. The van der Waals surface area contributed by atoms with Crippen LogP contribution in [0.15, 0.2) is 35.7 Å². The maximum absolute atomic E-state index is 12.6. The first-order valence-electron chi connectivity index (χ1n) is 8.32. The van der Waals surface area contributed by atoms with Crippen LogP contribution in [0.25, 0.3) is 0 Å². The number of rotatable bonds is 4. The van der Waals surface area contributed by atoms with Gasteiger partial charge in [0, 0.05) is 43.0 Å².